The highest BCUT2D eigenvalue weighted by atomic mass is 16.6. The van der Waals surface area contributed by atoms with Crippen LogP contribution in [-0.4, -0.2) is 42.9 Å². The van der Waals surface area contributed by atoms with E-state index in [0.717, 1.165) is 25.7 Å². The van der Waals surface area contributed by atoms with E-state index in [1.165, 1.54) is 13.5 Å². The van der Waals surface area contributed by atoms with Gasteiger partial charge in [0.15, 0.2) is 0 Å². The van der Waals surface area contributed by atoms with Gasteiger partial charge in [0.2, 0.25) is 0 Å². The van der Waals surface area contributed by atoms with E-state index in [1.54, 1.807) is 20.8 Å². The van der Waals surface area contributed by atoms with Gasteiger partial charge in [-0.15, -0.1) is 0 Å². The molecule has 7 nitrogen and oxygen atoms in total. The van der Waals surface area contributed by atoms with Crippen molar-refractivity contribution in [2.24, 2.45) is 0 Å². The van der Waals surface area contributed by atoms with Crippen molar-refractivity contribution < 1.29 is 28.6 Å². The van der Waals surface area contributed by atoms with Gasteiger partial charge in [0, 0.05) is 6.42 Å². The summed E-state index contributed by atoms with van der Waals surface area (Å²) in [5.74, 6) is -0.979. The molecule has 0 heterocycles. The topological polar surface area (TPSA) is 90.9 Å². The summed E-state index contributed by atoms with van der Waals surface area (Å²) in [6, 6.07) is -0.941. The van der Waals surface area contributed by atoms with E-state index in [1.807, 2.05) is 0 Å². The Balaban J connectivity index is 2.45. The van der Waals surface area contributed by atoms with Crippen LogP contribution < -0.4 is 5.32 Å². The van der Waals surface area contributed by atoms with Crippen molar-refractivity contribution in [3.8, 4) is 0 Å². The molecule has 1 aliphatic carbocycles. The summed E-state index contributed by atoms with van der Waals surface area (Å²) in [5.41, 5.74) is -0.676. The molecule has 0 spiro atoms. The normalized spacial score (nSPS) is 16.8. The number of carbonyl (C=O) groups is 3. The van der Waals surface area contributed by atoms with Gasteiger partial charge in [0.25, 0.3) is 0 Å². The molecular weight excluding hydrogens is 314 g/mol. The molecule has 7 heteroatoms. The first-order valence-electron chi connectivity index (χ1n) is 8.48. The smallest absolute Gasteiger partial charge is 0.408 e. The molecular formula is C17H29NO6. The second-order valence-electron chi connectivity index (χ2n) is 7.01. The minimum Gasteiger partial charge on any atom is -0.467 e. The first-order valence-corrected chi connectivity index (χ1v) is 8.48. The van der Waals surface area contributed by atoms with Gasteiger partial charge in [-0.25, -0.2) is 9.59 Å². The lowest BCUT2D eigenvalue weighted by Gasteiger charge is -2.23. The van der Waals surface area contributed by atoms with Gasteiger partial charge < -0.3 is 19.5 Å². The van der Waals surface area contributed by atoms with E-state index >= 15 is 0 Å². The Hall–Kier alpha value is -1.79. The molecule has 0 saturated heterocycles. The van der Waals surface area contributed by atoms with Gasteiger partial charge in [0.1, 0.15) is 17.7 Å². The average Bonchev–Trinajstić information content (AvgIpc) is 2.49. The second-order valence-corrected chi connectivity index (χ2v) is 7.01. The van der Waals surface area contributed by atoms with Crippen molar-refractivity contribution in [1.29, 1.82) is 0 Å². The number of rotatable bonds is 6. The van der Waals surface area contributed by atoms with Crippen LogP contribution in [0.25, 0.3) is 0 Å². The Morgan fingerprint density at radius 2 is 1.75 bits per heavy atom. The van der Waals surface area contributed by atoms with Gasteiger partial charge in [-0.2, -0.15) is 0 Å². The molecule has 138 valence electrons. The Kier molecular flexibility index (Phi) is 8.01. The van der Waals surface area contributed by atoms with E-state index in [-0.39, 0.29) is 24.9 Å². The predicted molar refractivity (Wildman–Crippen MR) is 87.4 cm³/mol. The van der Waals surface area contributed by atoms with Crippen molar-refractivity contribution in [3.63, 3.8) is 0 Å². The van der Waals surface area contributed by atoms with Gasteiger partial charge in [0.05, 0.1) is 7.11 Å². The van der Waals surface area contributed by atoms with Crippen LogP contribution in [0.1, 0.15) is 65.7 Å². The van der Waals surface area contributed by atoms with E-state index < -0.39 is 23.7 Å². The number of carbonyl (C=O) groups excluding carboxylic acids is 3. The molecule has 0 radical (unpaired) electrons. The molecule has 0 unspecified atom stereocenters. The number of methoxy groups -OCH3 is 1. The van der Waals surface area contributed by atoms with Crippen molar-refractivity contribution in [2.45, 2.75) is 83.5 Å². The summed E-state index contributed by atoms with van der Waals surface area (Å²) >= 11 is 0. The van der Waals surface area contributed by atoms with Crippen LogP contribution >= 0.6 is 0 Å². The highest BCUT2D eigenvalue weighted by Crippen LogP contribution is 2.21. The highest BCUT2D eigenvalue weighted by Gasteiger charge is 2.26. The number of hydrogen-bond acceptors (Lipinski definition) is 6. The molecule has 0 bridgehead atoms. The third kappa shape index (κ3) is 8.17. The maximum absolute atomic E-state index is 11.9. The second kappa shape index (κ2) is 9.49. The van der Waals surface area contributed by atoms with Gasteiger partial charge in [-0.05, 0) is 52.9 Å². The fourth-order valence-electron chi connectivity index (χ4n) is 2.53. The van der Waals surface area contributed by atoms with Crippen molar-refractivity contribution in [2.75, 3.05) is 7.11 Å². The highest BCUT2D eigenvalue weighted by molar-refractivity contribution is 5.82. The van der Waals surface area contributed by atoms with Crippen molar-refractivity contribution >= 4 is 18.0 Å². The van der Waals surface area contributed by atoms with Gasteiger partial charge in [-0.3, -0.25) is 4.79 Å². The van der Waals surface area contributed by atoms with Crippen LogP contribution in [0.2, 0.25) is 0 Å². The van der Waals surface area contributed by atoms with Crippen LogP contribution in [-0.2, 0) is 23.8 Å². The lowest BCUT2D eigenvalue weighted by Crippen LogP contribution is -2.44. The first-order chi connectivity index (χ1) is 11.2. The third-order valence-corrected chi connectivity index (χ3v) is 3.66. The minimum atomic E-state index is -0.941. The van der Waals surface area contributed by atoms with E-state index in [9.17, 15) is 14.4 Å². The predicted octanol–water partition coefficient (Wildman–Crippen LogP) is 2.71. The van der Waals surface area contributed by atoms with Crippen molar-refractivity contribution in [3.05, 3.63) is 0 Å². The largest absolute Gasteiger partial charge is 0.467 e. The summed E-state index contributed by atoms with van der Waals surface area (Å²) in [4.78, 5) is 35.5. The number of ether oxygens (including phenoxy) is 3. The monoisotopic (exact) mass is 343 g/mol. The standard InChI is InChI=1S/C17H29NO6/c1-17(2,3)24-16(21)18-13(15(20)22-4)10-11-14(19)23-12-8-6-5-7-9-12/h12-13H,5-11H2,1-4H3,(H,18,21)/t13-/m0/s1. The molecule has 1 rings (SSSR count). The van der Waals surface area contributed by atoms with E-state index in [2.05, 4.69) is 10.1 Å². The molecule has 1 atom stereocenters. The van der Waals surface area contributed by atoms with Crippen LogP contribution in [0.5, 0.6) is 0 Å². The zero-order valence-corrected chi connectivity index (χ0v) is 15.1. The quantitative estimate of drug-likeness (QED) is 0.589. The molecule has 1 aliphatic rings. The van der Waals surface area contributed by atoms with Crippen LogP contribution in [0.3, 0.4) is 0 Å². The third-order valence-electron chi connectivity index (χ3n) is 3.66. The molecule has 1 amide bonds. The maximum atomic E-state index is 11.9. The summed E-state index contributed by atoms with van der Waals surface area (Å²) < 4.78 is 15.2. The van der Waals surface area contributed by atoms with E-state index in [0.29, 0.717) is 0 Å². The zero-order valence-electron chi connectivity index (χ0n) is 15.1. The first kappa shape index (κ1) is 20.3. The van der Waals surface area contributed by atoms with Gasteiger partial charge in [-0.1, -0.05) is 6.42 Å². The summed E-state index contributed by atoms with van der Waals surface area (Å²) in [6.45, 7) is 5.17. The van der Waals surface area contributed by atoms with Crippen LogP contribution in [0.4, 0.5) is 4.79 Å². The zero-order chi connectivity index (χ0) is 18.2. The minimum absolute atomic E-state index is 0.0263. The van der Waals surface area contributed by atoms with Crippen LogP contribution in [0, 0.1) is 0 Å². The Labute approximate surface area is 143 Å². The number of alkyl carbamates (subject to hydrolysis) is 1. The molecule has 0 aromatic heterocycles. The molecule has 1 N–H and O–H groups in total. The van der Waals surface area contributed by atoms with E-state index in [4.69, 9.17) is 9.47 Å². The summed E-state index contributed by atoms with van der Waals surface area (Å²) in [6.07, 6.45) is 4.50. The Morgan fingerprint density at radius 3 is 2.29 bits per heavy atom. The summed E-state index contributed by atoms with van der Waals surface area (Å²) in [7, 11) is 1.23. The number of esters is 2. The Bertz CT molecular complexity index is 437. The lowest BCUT2D eigenvalue weighted by atomic mass is 9.98. The van der Waals surface area contributed by atoms with Crippen molar-refractivity contribution in [1.82, 2.24) is 5.32 Å². The van der Waals surface area contributed by atoms with Gasteiger partial charge >= 0.3 is 18.0 Å². The number of nitrogens with one attached hydrogen (secondary N) is 1. The summed E-state index contributed by atoms with van der Waals surface area (Å²) in [5, 5.41) is 2.44. The van der Waals surface area contributed by atoms with Crippen LogP contribution in [0.15, 0.2) is 0 Å². The average molecular weight is 343 g/mol. The molecule has 0 aliphatic heterocycles. The lowest BCUT2D eigenvalue weighted by molar-refractivity contribution is -0.151. The fourth-order valence-corrected chi connectivity index (χ4v) is 2.53. The maximum Gasteiger partial charge on any atom is 0.408 e. The SMILES string of the molecule is COC(=O)[C@H](CCC(=O)OC1CCCCC1)NC(=O)OC(C)(C)C. The molecule has 0 aromatic rings. The molecule has 1 fully saturated rings. The number of amides is 1. The Morgan fingerprint density at radius 1 is 1.12 bits per heavy atom. The molecule has 1 saturated carbocycles. The molecule has 0 aromatic carbocycles. The number of hydrogen-bond donors (Lipinski definition) is 1. The fraction of sp³-hybridized carbons (Fsp3) is 0.824. The molecule has 24 heavy (non-hydrogen) atoms.